The van der Waals surface area contributed by atoms with Gasteiger partial charge < -0.3 is 9.80 Å². The van der Waals surface area contributed by atoms with Gasteiger partial charge in [-0.25, -0.2) is 9.97 Å². The summed E-state index contributed by atoms with van der Waals surface area (Å²) in [5, 5.41) is 9.37. The molecule has 136 valence electrons. The predicted octanol–water partition coefficient (Wildman–Crippen LogP) is 0.338. The second-order valence-corrected chi connectivity index (χ2v) is 7.53. The fourth-order valence-corrected chi connectivity index (χ4v) is 4.01. The Labute approximate surface area is 154 Å². The zero-order chi connectivity index (χ0) is 18.1. The van der Waals surface area contributed by atoms with E-state index in [1.807, 2.05) is 11.8 Å². The van der Waals surface area contributed by atoms with Gasteiger partial charge in [0.2, 0.25) is 22.9 Å². The molecule has 2 aromatic heterocycles. The molecule has 2 aliphatic heterocycles. The molecule has 2 saturated heterocycles. The smallest absolute Gasteiger partial charge is 0.229 e. The van der Waals surface area contributed by atoms with E-state index in [2.05, 4.69) is 25.1 Å². The second kappa shape index (κ2) is 6.94. The van der Waals surface area contributed by atoms with Gasteiger partial charge in [-0.05, 0) is 13.0 Å². The lowest BCUT2D eigenvalue weighted by molar-refractivity contribution is -0.136. The molecule has 0 aromatic carbocycles. The highest BCUT2D eigenvalue weighted by Gasteiger charge is 2.39. The van der Waals surface area contributed by atoms with Gasteiger partial charge in [-0.1, -0.05) is 11.3 Å². The Hall–Kier alpha value is -2.62. The van der Waals surface area contributed by atoms with Crippen LogP contribution >= 0.6 is 11.3 Å². The first-order valence-electron chi connectivity index (χ1n) is 8.53. The van der Waals surface area contributed by atoms with Crippen molar-refractivity contribution in [3.8, 4) is 0 Å². The number of carbonyl (C=O) groups is 2. The van der Waals surface area contributed by atoms with E-state index in [-0.39, 0.29) is 24.2 Å². The molecule has 4 heterocycles. The van der Waals surface area contributed by atoms with Crippen molar-refractivity contribution in [1.82, 2.24) is 25.1 Å². The van der Waals surface area contributed by atoms with Crippen molar-refractivity contribution < 1.29 is 9.59 Å². The Kier molecular flexibility index (Phi) is 4.49. The largest absolute Gasteiger partial charge is 0.339 e. The maximum atomic E-state index is 12.8. The van der Waals surface area contributed by atoms with E-state index in [0.29, 0.717) is 43.8 Å². The van der Waals surface area contributed by atoms with E-state index < -0.39 is 0 Å². The summed E-state index contributed by atoms with van der Waals surface area (Å²) in [5.74, 6) is 0.353. The molecule has 2 amide bonds. The third-order valence-electron chi connectivity index (χ3n) is 4.65. The van der Waals surface area contributed by atoms with Gasteiger partial charge in [0.05, 0.1) is 5.92 Å². The molecule has 2 aliphatic rings. The first kappa shape index (κ1) is 16.8. The van der Waals surface area contributed by atoms with E-state index in [4.69, 9.17) is 0 Å². The molecule has 0 saturated carbocycles. The minimum absolute atomic E-state index is 0.0377. The maximum absolute atomic E-state index is 12.8. The van der Waals surface area contributed by atoms with E-state index in [9.17, 15) is 9.59 Å². The third-order valence-corrected chi connectivity index (χ3v) is 5.51. The third kappa shape index (κ3) is 3.24. The summed E-state index contributed by atoms with van der Waals surface area (Å²) >= 11 is 1.37. The lowest BCUT2D eigenvalue weighted by Crippen LogP contribution is -2.51. The number of aromatic nitrogens is 4. The van der Waals surface area contributed by atoms with Crippen LogP contribution in [0.15, 0.2) is 18.5 Å². The highest BCUT2D eigenvalue weighted by Crippen LogP contribution is 2.28. The zero-order valence-electron chi connectivity index (χ0n) is 14.4. The van der Waals surface area contributed by atoms with Gasteiger partial charge in [-0.15, -0.1) is 10.2 Å². The minimum Gasteiger partial charge on any atom is -0.339 e. The first-order chi connectivity index (χ1) is 12.6. The Morgan fingerprint density at radius 3 is 2.54 bits per heavy atom. The molecule has 0 N–H and O–H groups in total. The molecule has 0 spiro atoms. The molecule has 0 aliphatic carbocycles. The van der Waals surface area contributed by atoms with Crippen LogP contribution in [0, 0.1) is 12.8 Å². The van der Waals surface area contributed by atoms with Gasteiger partial charge >= 0.3 is 0 Å². The first-order valence-corrected chi connectivity index (χ1v) is 9.34. The van der Waals surface area contributed by atoms with Crippen LogP contribution in [0.25, 0.3) is 0 Å². The summed E-state index contributed by atoms with van der Waals surface area (Å²) in [7, 11) is 0. The summed E-state index contributed by atoms with van der Waals surface area (Å²) in [6, 6.07) is 1.78. The second-order valence-electron chi connectivity index (χ2n) is 6.37. The van der Waals surface area contributed by atoms with Gasteiger partial charge in [0.25, 0.3) is 0 Å². The van der Waals surface area contributed by atoms with Gasteiger partial charge in [0, 0.05) is 51.5 Å². The van der Waals surface area contributed by atoms with Crippen molar-refractivity contribution in [1.29, 1.82) is 0 Å². The SMILES string of the molecule is Cc1nnc(N2CC(C(=O)N3CCN(c4ncccn4)CC3)CC2=O)s1. The molecule has 26 heavy (non-hydrogen) atoms. The predicted molar refractivity (Wildman–Crippen MR) is 95.9 cm³/mol. The fourth-order valence-electron chi connectivity index (χ4n) is 3.29. The molecule has 0 radical (unpaired) electrons. The highest BCUT2D eigenvalue weighted by molar-refractivity contribution is 7.15. The molecule has 10 heteroatoms. The molecule has 1 atom stereocenters. The molecule has 1 unspecified atom stereocenters. The van der Waals surface area contributed by atoms with Crippen molar-refractivity contribution >= 4 is 34.2 Å². The average Bonchev–Trinajstić information content (AvgIpc) is 3.27. The van der Waals surface area contributed by atoms with Crippen LogP contribution in [-0.4, -0.2) is 69.6 Å². The summed E-state index contributed by atoms with van der Waals surface area (Å²) in [6.45, 7) is 4.83. The van der Waals surface area contributed by atoms with Crippen LogP contribution in [-0.2, 0) is 9.59 Å². The van der Waals surface area contributed by atoms with Crippen LogP contribution in [0.2, 0.25) is 0 Å². The number of hydrogen-bond acceptors (Lipinski definition) is 8. The molecule has 9 nitrogen and oxygen atoms in total. The lowest BCUT2D eigenvalue weighted by atomic mass is 10.1. The van der Waals surface area contributed by atoms with Crippen molar-refractivity contribution in [2.45, 2.75) is 13.3 Å². The lowest BCUT2D eigenvalue weighted by Gasteiger charge is -2.35. The Bertz CT molecular complexity index is 804. The summed E-state index contributed by atoms with van der Waals surface area (Å²) in [5.41, 5.74) is 0. The Balaban J connectivity index is 1.36. The maximum Gasteiger partial charge on any atom is 0.229 e. The van der Waals surface area contributed by atoms with E-state index >= 15 is 0 Å². The summed E-state index contributed by atoms with van der Waals surface area (Å²) < 4.78 is 0. The molecule has 2 aromatic rings. The van der Waals surface area contributed by atoms with Crippen LogP contribution in [0.5, 0.6) is 0 Å². The molecule has 4 rings (SSSR count). The van der Waals surface area contributed by atoms with Gasteiger partial charge in [-0.2, -0.15) is 0 Å². The number of hydrogen-bond donors (Lipinski definition) is 0. The van der Waals surface area contributed by atoms with Crippen LogP contribution in [0.3, 0.4) is 0 Å². The summed E-state index contributed by atoms with van der Waals surface area (Å²) in [4.78, 5) is 39.1. The number of piperazine rings is 1. The molecular formula is C16H19N7O2S. The number of carbonyl (C=O) groups excluding carboxylic acids is 2. The number of rotatable bonds is 3. The number of nitrogens with zero attached hydrogens (tertiary/aromatic N) is 7. The monoisotopic (exact) mass is 373 g/mol. The van der Waals surface area contributed by atoms with E-state index in [1.165, 1.54) is 11.3 Å². The Morgan fingerprint density at radius 1 is 1.15 bits per heavy atom. The molecule has 0 bridgehead atoms. The minimum atomic E-state index is -0.314. The molecular weight excluding hydrogens is 354 g/mol. The fraction of sp³-hybridized carbons (Fsp3) is 0.500. The number of anilines is 2. The topological polar surface area (TPSA) is 95.4 Å². The highest BCUT2D eigenvalue weighted by atomic mass is 32.1. The van der Waals surface area contributed by atoms with Gasteiger partial charge in [0.15, 0.2) is 0 Å². The van der Waals surface area contributed by atoms with E-state index in [0.717, 1.165) is 5.01 Å². The van der Waals surface area contributed by atoms with Crippen LogP contribution in [0.4, 0.5) is 11.1 Å². The van der Waals surface area contributed by atoms with Crippen molar-refractivity contribution in [3.63, 3.8) is 0 Å². The van der Waals surface area contributed by atoms with Crippen molar-refractivity contribution in [2.24, 2.45) is 5.92 Å². The number of amides is 2. The van der Waals surface area contributed by atoms with Crippen molar-refractivity contribution in [2.75, 3.05) is 42.5 Å². The van der Waals surface area contributed by atoms with Gasteiger partial charge in [-0.3, -0.25) is 14.5 Å². The van der Waals surface area contributed by atoms with Crippen molar-refractivity contribution in [3.05, 3.63) is 23.5 Å². The van der Waals surface area contributed by atoms with Crippen LogP contribution in [0.1, 0.15) is 11.4 Å². The standard InChI is InChI=1S/C16H19N7O2S/c1-11-19-20-16(26-11)23-10-12(9-13(23)24)14(25)21-5-7-22(8-6-21)15-17-3-2-4-18-15/h2-4,12H,5-10H2,1H3. The quantitative estimate of drug-likeness (QED) is 0.765. The number of aryl methyl sites for hydroxylation is 1. The van der Waals surface area contributed by atoms with Crippen LogP contribution < -0.4 is 9.80 Å². The Morgan fingerprint density at radius 2 is 1.88 bits per heavy atom. The average molecular weight is 373 g/mol. The van der Waals surface area contributed by atoms with Gasteiger partial charge in [0.1, 0.15) is 5.01 Å². The summed E-state index contributed by atoms with van der Waals surface area (Å²) in [6.07, 6.45) is 3.67. The van der Waals surface area contributed by atoms with E-state index in [1.54, 1.807) is 23.4 Å². The molecule has 2 fully saturated rings. The zero-order valence-corrected chi connectivity index (χ0v) is 15.2. The normalized spacial score (nSPS) is 20.7.